The van der Waals surface area contributed by atoms with Crippen LogP contribution in [-0.4, -0.2) is 12.5 Å². The number of carbonyl (C=O) groups excluding carboxylic acids is 1. The van der Waals surface area contributed by atoms with E-state index in [2.05, 4.69) is 13.0 Å². The van der Waals surface area contributed by atoms with E-state index < -0.39 is 0 Å². The van der Waals surface area contributed by atoms with Crippen LogP contribution in [0.1, 0.15) is 16.7 Å². The van der Waals surface area contributed by atoms with Crippen molar-refractivity contribution in [2.45, 2.75) is 20.4 Å². The highest BCUT2D eigenvalue weighted by Gasteiger charge is 2.17. The molecule has 2 aromatic rings. The molecular weight excluding hydrogens is 248 g/mol. The largest absolute Gasteiger partial charge is 0.322 e. The Bertz CT molecular complexity index is 607. The van der Waals surface area contributed by atoms with Crippen LogP contribution >= 0.6 is 0 Å². The Hall–Kier alpha value is -2.13. The summed E-state index contributed by atoms with van der Waals surface area (Å²) in [5, 5.41) is 0. The first-order chi connectivity index (χ1) is 9.63. The molecule has 0 saturated carbocycles. The lowest BCUT2D eigenvalue weighted by Crippen LogP contribution is -2.36. The topological polar surface area (TPSA) is 46.3 Å². The standard InChI is InChI=1S/C17H20N2O/c1-13-7-3-5-9-15(13)12-19(17(20)11-18)16-10-6-4-8-14(16)2/h3-10H,11-12,18H2,1-2H3. The van der Waals surface area contributed by atoms with Crippen molar-refractivity contribution < 1.29 is 4.79 Å². The van der Waals surface area contributed by atoms with Crippen molar-refractivity contribution in [3.05, 3.63) is 65.2 Å². The maximum Gasteiger partial charge on any atom is 0.241 e. The zero-order valence-corrected chi connectivity index (χ0v) is 12.0. The van der Waals surface area contributed by atoms with Crippen molar-refractivity contribution in [3.8, 4) is 0 Å². The fourth-order valence-corrected chi connectivity index (χ4v) is 2.24. The quantitative estimate of drug-likeness (QED) is 0.926. The molecule has 0 atom stereocenters. The Morgan fingerprint density at radius 3 is 2.20 bits per heavy atom. The number of rotatable bonds is 4. The van der Waals surface area contributed by atoms with Crippen molar-refractivity contribution in [3.63, 3.8) is 0 Å². The average Bonchev–Trinajstić information content (AvgIpc) is 2.47. The van der Waals surface area contributed by atoms with E-state index in [0.29, 0.717) is 6.54 Å². The van der Waals surface area contributed by atoms with Crippen LogP contribution in [0, 0.1) is 13.8 Å². The van der Waals surface area contributed by atoms with Gasteiger partial charge in [0, 0.05) is 5.69 Å². The lowest BCUT2D eigenvalue weighted by atomic mass is 10.1. The highest BCUT2D eigenvalue weighted by molar-refractivity contribution is 5.95. The van der Waals surface area contributed by atoms with Crippen LogP contribution in [0.25, 0.3) is 0 Å². The van der Waals surface area contributed by atoms with Crippen LogP contribution in [0.2, 0.25) is 0 Å². The number of nitrogens with zero attached hydrogens (tertiary/aromatic N) is 1. The lowest BCUT2D eigenvalue weighted by Gasteiger charge is -2.25. The maximum atomic E-state index is 12.2. The number of hydrogen-bond donors (Lipinski definition) is 1. The van der Waals surface area contributed by atoms with Gasteiger partial charge in [0.25, 0.3) is 0 Å². The molecule has 3 nitrogen and oxygen atoms in total. The van der Waals surface area contributed by atoms with Gasteiger partial charge in [0.05, 0.1) is 13.1 Å². The van der Waals surface area contributed by atoms with Gasteiger partial charge >= 0.3 is 0 Å². The molecule has 0 radical (unpaired) electrons. The number of anilines is 1. The molecule has 2 rings (SSSR count). The Kier molecular flexibility index (Phi) is 4.53. The summed E-state index contributed by atoms with van der Waals surface area (Å²) in [6, 6.07) is 16.0. The molecule has 0 heterocycles. The third-order valence-corrected chi connectivity index (χ3v) is 3.47. The minimum absolute atomic E-state index is 0.0141. The molecule has 0 aliphatic rings. The Balaban J connectivity index is 2.37. The molecule has 0 saturated heterocycles. The molecule has 104 valence electrons. The van der Waals surface area contributed by atoms with E-state index >= 15 is 0 Å². The fourth-order valence-electron chi connectivity index (χ4n) is 2.24. The van der Waals surface area contributed by atoms with Gasteiger partial charge in [-0.15, -0.1) is 0 Å². The van der Waals surface area contributed by atoms with Gasteiger partial charge in [0.2, 0.25) is 5.91 Å². The number of para-hydroxylation sites is 1. The van der Waals surface area contributed by atoms with Crippen molar-refractivity contribution in [1.82, 2.24) is 0 Å². The second-order valence-corrected chi connectivity index (χ2v) is 4.90. The summed E-state index contributed by atoms with van der Waals surface area (Å²) in [4.78, 5) is 13.9. The molecule has 3 heteroatoms. The van der Waals surface area contributed by atoms with Gasteiger partial charge < -0.3 is 10.6 Å². The van der Waals surface area contributed by atoms with Crippen molar-refractivity contribution in [1.29, 1.82) is 0 Å². The molecule has 0 aliphatic carbocycles. The van der Waals surface area contributed by atoms with E-state index in [-0.39, 0.29) is 12.5 Å². The highest BCUT2D eigenvalue weighted by Crippen LogP contribution is 2.22. The van der Waals surface area contributed by atoms with E-state index in [1.807, 2.05) is 49.4 Å². The van der Waals surface area contributed by atoms with E-state index in [0.717, 1.165) is 16.8 Å². The molecule has 2 aromatic carbocycles. The average molecular weight is 268 g/mol. The lowest BCUT2D eigenvalue weighted by molar-refractivity contribution is -0.117. The predicted octanol–water partition coefficient (Wildman–Crippen LogP) is 2.80. The molecule has 0 aromatic heterocycles. The van der Waals surface area contributed by atoms with E-state index in [1.165, 1.54) is 5.56 Å². The number of amides is 1. The summed E-state index contributed by atoms with van der Waals surface area (Å²) >= 11 is 0. The molecule has 0 unspecified atom stereocenters. The van der Waals surface area contributed by atoms with Crippen LogP contribution in [0.15, 0.2) is 48.5 Å². The second kappa shape index (κ2) is 6.35. The third-order valence-electron chi connectivity index (χ3n) is 3.47. The van der Waals surface area contributed by atoms with Gasteiger partial charge in [-0.3, -0.25) is 4.79 Å². The van der Waals surface area contributed by atoms with Gasteiger partial charge in [-0.05, 0) is 36.6 Å². The summed E-state index contributed by atoms with van der Waals surface area (Å²) in [5.74, 6) is -0.0671. The normalized spacial score (nSPS) is 10.3. The Morgan fingerprint density at radius 2 is 1.60 bits per heavy atom. The number of nitrogens with two attached hydrogens (primary N) is 1. The number of benzene rings is 2. The fraction of sp³-hybridized carbons (Fsp3) is 0.235. The summed E-state index contributed by atoms with van der Waals surface area (Å²) in [6.45, 7) is 4.62. The first kappa shape index (κ1) is 14.3. The summed E-state index contributed by atoms with van der Waals surface area (Å²) in [6.07, 6.45) is 0. The van der Waals surface area contributed by atoms with Crippen LogP contribution in [0.3, 0.4) is 0 Å². The van der Waals surface area contributed by atoms with Crippen LogP contribution in [0.5, 0.6) is 0 Å². The van der Waals surface area contributed by atoms with Crippen LogP contribution < -0.4 is 10.6 Å². The second-order valence-electron chi connectivity index (χ2n) is 4.90. The molecule has 0 bridgehead atoms. The van der Waals surface area contributed by atoms with Gasteiger partial charge in [-0.2, -0.15) is 0 Å². The molecule has 0 aliphatic heterocycles. The number of carbonyl (C=O) groups is 1. The van der Waals surface area contributed by atoms with Gasteiger partial charge in [0.15, 0.2) is 0 Å². The van der Waals surface area contributed by atoms with Crippen LogP contribution in [0.4, 0.5) is 5.69 Å². The van der Waals surface area contributed by atoms with E-state index in [4.69, 9.17) is 5.73 Å². The molecule has 1 amide bonds. The SMILES string of the molecule is Cc1ccccc1CN(C(=O)CN)c1ccccc1C. The van der Waals surface area contributed by atoms with Crippen molar-refractivity contribution in [2.24, 2.45) is 5.73 Å². The highest BCUT2D eigenvalue weighted by atomic mass is 16.2. The predicted molar refractivity (Wildman–Crippen MR) is 82.6 cm³/mol. The Labute approximate surface area is 120 Å². The Morgan fingerprint density at radius 1 is 1.00 bits per heavy atom. The monoisotopic (exact) mass is 268 g/mol. The van der Waals surface area contributed by atoms with Crippen LogP contribution in [-0.2, 0) is 11.3 Å². The maximum absolute atomic E-state index is 12.2. The molecule has 0 spiro atoms. The zero-order chi connectivity index (χ0) is 14.5. The first-order valence-electron chi connectivity index (χ1n) is 6.74. The van der Waals surface area contributed by atoms with E-state index in [1.54, 1.807) is 4.90 Å². The van der Waals surface area contributed by atoms with Gasteiger partial charge in [0.1, 0.15) is 0 Å². The smallest absolute Gasteiger partial charge is 0.241 e. The van der Waals surface area contributed by atoms with Crippen molar-refractivity contribution in [2.75, 3.05) is 11.4 Å². The summed E-state index contributed by atoms with van der Waals surface area (Å²) in [5.41, 5.74) is 9.87. The zero-order valence-electron chi connectivity index (χ0n) is 12.0. The molecule has 2 N–H and O–H groups in total. The summed E-state index contributed by atoms with van der Waals surface area (Å²) < 4.78 is 0. The molecule has 0 fully saturated rings. The molecule has 20 heavy (non-hydrogen) atoms. The van der Waals surface area contributed by atoms with Gasteiger partial charge in [-0.1, -0.05) is 42.5 Å². The minimum Gasteiger partial charge on any atom is -0.322 e. The first-order valence-corrected chi connectivity index (χ1v) is 6.74. The van der Waals surface area contributed by atoms with Gasteiger partial charge in [-0.25, -0.2) is 0 Å². The summed E-state index contributed by atoms with van der Waals surface area (Å²) in [7, 11) is 0. The van der Waals surface area contributed by atoms with E-state index in [9.17, 15) is 4.79 Å². The number of hydrogen-bond acceptors (Lipinski definition) is 2. The third kappa shape index (κ3) is 3.06. The number of aryl methyl sites for hydroxylation is 2. The molecular formula is C17H20N2O. The van der Waals surface area contributed by atoms with Crippen molar-refractivity contribution >= 4 is 11.6 Å². The minimum atomic E-state index is -0.0671.